The zero-order valence-corrected chi connectivity index (χ0v) is 11.3. The van der Waals surface area contributed by atoms with Crippen molar-refractivity contribution in [2.45, 2.75) is 39.5 Å². The van der Waals surface area contributed by atoms with Gasteiger partial charge in [0, 0.05) is 0 Å². The van der Waals surface area contributed by atoms with Crippen LogP contribution in [0.15, 0.2) is 12.1 Å². The Hall–Kier alpha value is -1.51. The van der Waals surface area contributed by atoms with E-state index >= 15 is 0 Å². The van der Waals surface area contributed by atoms with Gasteiger partial charge in [-0.25, -0.2) is 4.79 Å². The third kappa shape index (κ3) is 1.78. The van der Waals surface area contributed by atoms with Gasteiger partial charge >= 0.3 is 5.97 Å². The van der Waals surface area contributed by atoms with E-state index in [1.807, 2.05) is 0 Å². The van der Waals surface area contributed by atoms with E-state index in [-0.39, 0.29) is 11.3 Å². The molecule has 98 valence electrons. The molecule has 1 aliphatic carbocycles. The maximum Gasteiger partial charge on any atom is 0.339 e. The van der Waals surface area contributed by atoms with Gasteiger partial charge in [0.2, 0.25) is 0 Å². The smallest absolute Gasteiger partial charge is 0.339 e. The van der Waals surface area contributed by atoms with Gasteiger partial charge in [0.25, 0.3) is 0 Å². The number of rotatable bonds is 1. The number of aromatic hydroxyl groups is 1. The number of carboxylic acids is 1. The summed E-state index contributed by atoms with van der Waals surface area (Å²) in [5.41, 5.74) is 2.17. The zero-order chi connectivity index (χ0) is 13.6. The van der Waals surface area contributed by atoms with Crippen molar-refractivity contribution in [3.8, 4) is 5.75 Å². The van der Waals surface area contributed by atoms with E-state index in [4.69, 9.17) is 5.11 Å². The van der Waals surface area contributed by atoms with Crippen LogP contribution in [0.25, 0.3) is 0 Å². The molecule has 0 saturated carbocycles. The lowest BCUT2D eigenvalue weighted by Gasteiger charge is -2.39. The maximum absolute atomic E-state index is 11.1. The first-order chi connectivity index (χ1) is 8.34. The van der Waals surface area contributed by atoms with Crippen LogP contribution < -0.4 is 0 Å². The second-order valence-electron chi connectivity index (χ2n) is 5.60. The van der Waals surface area contributed by atoms with E-state index in [9.17, 15) is 9.90 Å². The van der Waals surface area contributed by atoms with Gasteiger partial charge in [0.15, 0.2) is 0 Å². The molecule has 0 heterocycles. The molecular weight excluding hydrogens is 228 g/mol. The van der Waals surface area contributed by atoms with Gasteiger partial charge in [-0.1, -0.05) is 27.7 Å². The van der Waals surface area contributed by atoms with Crippen molar-refractivity contribution in [2.24, 2.45) is 11.8 Å². The topological polar surface area (TPSA) is 57.5 Å². The molecule has 0 amide bonds. The van der Waals surface area contributed by atoms with E-state index in [2.05, 4.69) is 27.7 Å². The summed E-state index contributed by atoms with van der Waals surface area (Å²) < 4.78 is 0. The molecule has 0 radical (unpaired) electrons. The Morgan fingerprint density at radius 1 is 1.00 bits per heavy atom. The summed E-state index contributed by atoms with van der Waals surface area (Å²) in [6.45, 7) is 8.71. The Labute approximate surface area is 107 Å². The van der Waals surface area contributed by atoms with Gasteiger partial charge in [-0.3, -0.25) is 0 Å². The molecule has 1 aromatic carbocycles. The number of phenols is 1. The van der Waals surface area contributed by atoms with Crippen molar-refractivity contribution >= 4 is 5.97 Å². The minimum Gasteiger partial charge on any atom is -0.507 e. The van der Waals surface area contributed by atoms with E-state index in [1.165, 1.54) is 0 Å². The highest BCUT2D eigenvalue weighted by Gasteiger charge is 2.34. The van der Waals surface area contributed by atoms with Crippen molar-refractivity contribution < 1.29 is 15.0 Å². The summed E-state index contributed by atoms with van der Waals surface area (Å²) in [4.78, 5) is 11.1. The molecule has 2 rings (SSSR count). The summed E-state index contributed by atoms with van der Waals surface area (Å²) in [6, 6.07) is 3.29. The number of carboxylic acid groups (broad SMARTS) is 1. The Morgan fingerprint density at radius 2 is 1.44 bits per heavy atom. The molecule has 2 N–H and O–H groups in total. The number of hydrogen-bond donors (Lipinski definition) is 2. The van der Waals surface area contributed by atoms with Crippen LogP contribution in [0.3, 0.4) is 0 Å². The van der Waals surface area contributed by atoms with Crippen LogP contribution in [0.4, 0.5) is 0 Å². The van der Waals surface area contributed by atoms with Gasteiger partial charge in [0.1, 0.15) is 11.3 Å². The predicted molar refractivity (Wildman–Crippen MR) is 70.2 cm³/mol. The Bertz CT molecular complexity index is 493. The molecule has 4 unspecified atom stereocenters. The van der Waals surface area contributed by atoms with E-state index in [0.717, 1.165) is 11.1 Å². The number of aromatic carboxylic acids is 1. The zero-order valence-electron chi connectivity index (χ0n) is 11.3. The first-order valence-corrected chi connectivity index (χ1v) is 6.44. The van der Waals surface area contributed by atoms with Crippen LogP contribution in [0.5, 0.6) is 5.75 Å². The molecule has 1 aliphatic rings. The molecule has 0 spiro atoms. The Balaban J connectivity index is 2.62. The van der Waals surface area contributed by atoms with Gasteiger partial charge < -0.3 is 10.2 Å². The SMILES string of the molecule is CC1c2cc(O)c(C(=O)O)cc2C(C)C(C)C1C. The van der Waals surface area contributed by atoms with Crippen molar-refractivity contribution in [1.29, 1.82) is 0 Å². The quantitative estimate of drug-likeness (QED) is 0.798. The minimum atomic E-state index is -1.07. The molecule has 0 bridgehead atoms. The average Bonchev–Trinajstić information content (AvgIpc) is 2.33. The first-order valence-electron chi connectivity index (χ1n) is 6.44. The molecule has 0 aliphatic heterocycles. The highest BCUT2D eigenvalue weighted by Crippen LogP contribution is 2.47. The molecule has 0 saturated heterocycles. The van der Waals surface area contributed by atoms with Crippen LogP contribution in [0.2, 0.25) is 0 Å². The second kappa shape index (κ2) is 4.30. The summed E-state index contributed by atoms with van der Waals surface area (Å²) in [5, 5.41) is 18.9. The number of fused-ring (bicyclic) bond motifs is 1. The standard InChI is InChI=1S/C15H20O3/c1-7-8(2)10(4)12-6-14(16)13(15(17)18)5-11(12)9(7)3/h5-10,16H,1-4H3,(H,17,18). The number of hydrogen-bond acceptors (Lipinski definition) is 2. The van der Waals surface area contributed by atoms with Crippen molar-refractivity contribution in [3.63, 3.8) is 0 Å². The van der Waals surface area contributed by atoms with Crippen molar-refractivity contribution in [3.05, 3.63) is 28.8 Å². The fourth-order valence-electron chi connectivity index (χ4n) is 3.06. The van der Waals surface area contributed by atoms with Crippen LogP contribution in [0, 0.1) is 11.8 Å². The summed E-state index contributed by atoms with van der Waals surface area (Å²) >= 11 is 0. The Kier molecular flexibility index (Phi) is 3.09. The highest BCUT2D eigenvalue weighted by molar-refractivity contribution is 5.91. The molecule has 3 heteroatoms. The summed E-state index contributed by atoms with van der Waals surface area (Å²) in [6.07, 6.45) is 0. The van der Waals surface area contributed by atoms with E-state index < -0.39 is 5.97 Å². The fraction of sp³-hybridized carbons (Fsp3) is 0.533. The Morgan fingerprint density at radius 3 is 1.89 bits per heavy atom. The molecule has 0 fully saturated rings. The normalized spacial score (nSPS) is 30.9. The molecule has 1 aromatic rings. The summed E-state index contributed by atoms with van der Waals surface area (Å²) in [7, 11) is 0. The van der Waals surface area contributed by atoms with Crippen LogP contribution in [-0.2, 0) is 0 Å². The van der Waals surface area contributed by atoms with E-state index in [1.54, 1.807) is 12.1 Å². The molecule has 3 nitrogen and oxygen atoms in total. The predicted octanol–water partition coefficient (Wildman–Crippen LogP) is 3.58. The van der Waals surface area contributed by atoms with Crippen molar-refractivity contribution in [1.82, 2.24) is 0 Å². The number of benzene rings is 1. The van der Waals surface area contributed by atoms with Gasteiger partial charge in [-0.2, -0.15) is 0 Å². The molecule has 0 aromatic heterocycles. The third-order valence-corrected chi connectivity index (χ3v) is 4.82. The fourth-order valence-corrected chi connectivity index (χ4v) is 3.06. The van der Waals surface area contributed by atoms with Gasteiger partial charge in [-0.15, -0.1) is 0 Å². The van der Waals surface area contributed by atoms with Crippen LogP contribution >= 0.6 is 0 Å². The monoisotopic (exact) mass is 248 g/mol. The molecule has 4 atom stereocenters. The largest absolute Gasteiger partial charge is 0.507 e. The first kappa shape index (κ1) is 12.9. The lowest BCUT2D eigenvalue weighted by molar-refractivity contribution is 0.0693. The second-order valence-corrected chi connectivity index (χ2v) is 5.60. The van der Waals surface area contributed by atoms with Crippen molar-refractivity contribution in [2.75, 3.05) is 0 Å². The van der Waals surface area contributed by atoms with Gasteiger partial charge in [-0.05, 0) is 46.9 Å². The average molecular weight is 248 g/mol. The van der Waals surface area contributed by atoms with E-state index in [0.29, 0.717) is 23.7 Å². The van der Waals surface area contributed by atoms with Crippen LogP contribution in [0.1, 0.15) is 61.0 Å². The lowest BCUT2D eigenvalue weighted by Crippen LogP contribution is -2.27. The lowest BCUT2D eigenvalue weighted by atomic mass is 9.66. The molecular formula is C15H20O3. The highest BCUT2D eigenvalue weighted by atomic mass is 16.4. The minimum absolute atomic E-state index is 0.00885. The number of carbonyl (C=O) groups is 1. The van der Waals surface area contributed by atoms with Gasteiger partial charge in [0.05, 0.1) is 0 Å². The maximum atomic E-state index is 11.1. The summed E-state index contributed by atoms with van der Waals surface area (Å²) in [5.74, 6) is 0.523. The van der Waals surface area contributed by atoms with Crippen LogP contribution in [-0.4, -0.2) is 16.2 Å². The molecule has 18 heavy (non-hydrogen) atoms. The third-order valence-electron chi connectivity index (χ3n) is 4.82.